The van der Waals surface area contributed by atoms with Crippen LogP contribution in [0.3, 0.4) is 0 Å². The van der Waals surface area contributed by atoms with Gasteiger partial charge in [0.15, 0.2) is 0 Å². The number of hydrogen-bond acceptors (Lipinski definition) is 4. The molecule has 0 spiro atoms. The van der Waals surface area contributed by atoms with Crippen molar-refractivity contribution in [3.05, 3.63) is 91.9 Å². The van der Waals surface area contributed by atoms with Crippen LogP contribution in [0.2, 0.25) is 0 Å². The maximum Gasteiger partial charge on any atom is 0.282 e. The molecule has 7 nitrogen and oxygen atoms in total. The van der Waals surface area contributed by atoms with Gasteiger partial charge in [-0.05, 0) is 44.5 Å². The molecule has 0 aliphatic rings. The number of benzene rings is 2. The van der Waals surface area contributed by atoms with Crippen molar-refractivity contribution in [1.29, 1.82) is 0 Å². The van der Waals surface area contributed by atoms with Gasteiger partial charge in [0.25, 0.3) is 11.1 Å². The molecule has 1 N–H and O–H groups in total. The highest BCUT2D eigenvalue weighted by atomic mass is 16.1. The van der Waals surface area contributed by atoms with Crippen molar-refractivity contribution in [2.45, 2.75) is 33.6 Å². The van der Waals surface area contributed by atoms with Crippen LogP contribution >= 0.6 is 0 Å². The van der Waals surface area contributed by atoms with Crippen molar-refractivity contribution in [1.82, 2.24) is 19.4 Å². The molecule has 0 atom stereocenters. The van der Waals surface area contributed by atoms with Crippen LogP contribution in [0.1, 0.15) is 36.0 Å². The molecule has 0 fully saturated rings. The normalized spacial score (nSPS) is 11.6. The smallest absolute Gasteiger partial charge is 0.282 e. The predicted octanol–water partition coefficient (Wildman–Crippen LogP) is 3.33. The van der Waals surface area contributed by atoms with Crippen LogP contribution in [0.5, 0.6) is 0 Å². The molecule has 0 unspecified atom stereocenters. The number of aromatic amines is 1. The Labute approximate surface area is 173 Å². The molecule has 2 aromatic carbocycles. The monoisotopic (exact) mass is 401 g/mol. The third kappa shape index (κ3) is 3.50. The second-order valence-corrected chi connectivity index (χ2v) is 7.28. The van der Waals surface area contributed by atoms with E-state index < -0.39 is 0 Å². The molecule has 0 aliphatic heterocycles. The number of nitrogens with zero attached hydrogens (tertiary/aromatic N) is 4. The van der Waals surface area contributed by atoms with E-state index in [0.29, 0.717) is 34.4 Å². The first-order valence-corrected chi connectivity index (χ1v) is 9.93. The van der Waals surface area contributed by atoms with Crippen LogP contribution in [0.4, 0.5) is 0 Å². The first-order chi connectivity index (χ1) is 14.5. The fourth-order valence-electron chi connectivity index (χ4n) is 3.38. The van der Waals surface area contributed by atoms with E-state index in [2.05, 4.69) is 15.2 Å². The molecule has 0 amide bonds. The van der Waals surface area contributed by atoms with Crippen molar-refractivity contribution in [2.24, 2.45) is 5.10 Å². The lowest BCUT2D eigenvalue weighted by Crippen LogP contribution is -2.23. The van der Waals surface area contributed by atoms with Crippen LogP contribution in [0.15, 0.2) is 63.2 Å². The van der Waals surface area contributed by atoms with E-state index in [4.69, 9.17) is 0 Å². The van der Waals surface area contributed by atoms with E-state index in [1.165, 1.54) is 15.6 Å². The summed E-state index contributed by atoms with van der Waals surface area (Å²) in [6.07, 6.45) is 2.87. The largest absolute Gasteiger partial charge is 0.295 e. The first-order valence-electron chi connectivity index (χ1n) is 9.93. The number of hydrogen-bond donors (Lipinski definition) is 1. The third-order valence-electron chi connectivity index (χ3n) is 5.01. The number of rotatable bonds is 5. The molecule has 0 saturated carbocycles. The third-order valence-corrected chi connectivity index (χ3v) is 5.01. The van der Waals surface area contributed by atoms with Gasteiger partial charge < -0.3 is 0 Å². The van der Waals surface area contributed by atoms with Crippen LogP contribution in [-0.2, 0) is 6.42 Å². The molecule has 0 bridgehead atoms. The maximum absolute atomic E-state index is 13.0. The van der Waals surface area contributed by atoms with E-state index in [-0.39, 0.29) is 11.1 Å². The van der Waals surface area contributed by atoms with E-state index in [0.717, 1.165) is 17.7 Å². The van der Waals surface area contributed by atoms with Crippen LogP contribution in [0, 0.1) is 13.8 Å². The number of para-hydroxylation sites is 1. The van der Waals surface area contributed by atoms with Gasteiger partial charge in [0.2, 0.25) is 0 Å². The Hall–Kier alpha value is -3.74. The lowest BCUT2D eigenvalue weighted by atomic mass is 10.2. The van der Waals surface area contributed by atoms with E-state index in [9.17, 15) is 9.59 Å². The summed E-state index contributed by atoms with van der Waals surface area (Å²) in [5.74, 6) is 0.574. The lowest BCUT2D eigenvalue weighted by Gasteiger charge is -2.07. The Morgan fingerprint density at radius 3 is 2.50 bits per heavy atom. The van der Waals surface area contributed by atoms with Gasteiger partial charge in [0.1, 0.15) is 5.82 Å². The molecule has 2 aromatic heterocycles. The zero-order chi connectivity index (χ0) is 21.3. The van der Waals surface area contributed by atoms with E-state index >= 15 is 0 Å². The summed E-state index contributed by atoms with van der Waals surface area (Å²) in [6.45, 7) is 5.82. The van der Waals surface area contributed by atoms with Crippen molar-refractivity contribution in [2.75, 3.05) is 0 Å². The van der Waals surface area contributed by atoms with Gasteiger partial charge in [0.05, 0.1) is 28.4 Å². The Morgan fingerprint density at radius 2 is 1.77 bits per heavy atom. The van der Waals surface area contributed by atoms with Gasteiger partial charge in [0, 0.05) is 12.1 Å². The summed E-state index contributed by atoms with van der Waals surface area (Å²) >= 11 is 0. The number of nitrogens with one attached hydrogen (secondary N) is 1. The van der Waals surface area contributed by atoms with Gasteiger partial charge in [-0.2, -0.15) is 9.78 Å². The first kappa shape index (κ1) is 19.6. The highest BCUT2D eigenvalue weighted by Crippen LogP contribution is 2.10. The zero-order valence-corrected chi connectivity index (χ0v) is 17.2. The summed E-state index contributed by atoms with van der Waals surface area (Å²) in [7, 11) is 0. The van der Waals surface area contributed by atoms with E-state index in [1.54, 1.807) is 12.1 Å². The van der Waals surface area contributed by atoms with E-state index in [1.807, 2.05) is 57.2 Å². The van der Waals surface area contributed by atoms with Gasteiger partial charge in [-0.15, -0.1) is 0 Å². The summed E-state index contributed by atoms with van der Waals surface area (Å²) < 4.78 is 2.78. The van der Waals surface area contributed by atoms with Crippen molar-refractivity contribution in [3.63, 3.8) is 0 Å². The Bertz CT molecular complexity index is 1360. The number of aromatic nitrogens is 4. The molecule has 7 heteroatoms. The highest BCUT2D eigenvalue weighted by Gasteiger charge is 2.13. The zero-order valence-electron chi connectivity index (χ0n) is 17.2. The minimum absolute atomic E-state index is 0.223. The van der Waals surface area contributed by atoms with Crippen molar-refractivity contribution in [3.8, 4) is 5.69 Å². The van der Waals surface area contributed by atoms with Gasteiger partial charge in [-0.3, -0.25) is 14.7 Å². The summed E-state index contributed by atoms with van der Waals surface area (Å²) in [6, 6.07) is 14.9. The van der Waals surface area contributed by atoms with Gasteiger partial charge in [-0.25, -0.2) is 9.67 Å². The average Bonchev–Trinajstić information content (AvgIpc) is 3.02. The van der Waals surface area contributed by atoms with Crippen molar-refractivity contribution < 1.29 is 0 Å². The molecular weight excluding hydrogens is 378 g/mol. The molecular formula is C23H23N5O2. The maximum atomic E-state index is 13.0. The predicted molar refractivity (Wildman–Crippen MR) is 119 cm³/mol. The highest BCUT2D eigenvalue weighted by molar-refractivity contribution is 5.81. The summed E-state index contributed by atoms with van der Waals surface area (Å²) in [5, 5.41) is 7.95. The summed E-state index contributed by atoms with van der Waals surface area (Å²) in [4.78, 5) is 30.5. The lowest BCUT2D eigenvalue weighted by molar-refractivity contribution is 0.703. The molecule has 30 heavy (non-hydrogen) atoms. The quantitative estimate of drug-likeness (QED) is 0.521. The molecule has 4 aromatic rings. The van der Waals surface area contributed by atoms with Crippen molar-refractivity contribution >= 4 is 17.1 Å². The minimum atomic E-state index is -0.243. The van der Waals surface area contributed by atoms with Gasteiger partial charge >= 0.3 is 0 Å². The van der Waals surface area contributed by atoms with Crippen LogP contribution in [-0.4, -0.2) is 25.7 Å². The standard InChI is InChI=1S/C23H23N5O2/c1-4-7-21-25-20-9-6-5-8-18(20)22(29)28(21)24-14-19-16(3)26-27(23(19)30)17-12-10-15(2)11-13-17/h5-6,8-14,26H,4,7H2,1-3H3/b24-14-. The summed E-state index contributed by atoms with van der Waals surface area (Å²) in [5.41, 5.74) is 3.11. The molecule has 4 rings (SSSR count). The molecule has 152 valence electrons. The fourth-order valence-corrected chi connectivity index (χ4v) is 3.38. The van der Waals surface area contributed by atoms with Crippen LogP contribution in [0.25, 0.3) is 16.6 Å². The number of H-pyrrole nitrogens is 1. The Balaban J connectivity index is 1.81. The van der Waals surface area contributed by atoms with Crippen LogP contribution < -0.4 is 11.1 Å². The molecule has 0 aliphatic carbocycles. The number of fused-ring (bicyclic) bond motifs is 1. The second-order valence-electron chi connectivity index (χ2n) is 7.28. The molecule has 0 radical (unpaired) electrons. The second kappa shape index (κ2) is 7.94. The molecule has 2 heterocycles. The average molecular weight is 401 g/mol. The Morgan fingerprint density at radius 1 is 1.03 bits per heavy atom. The molecule has 0 saturated heterocycles. The topological polar surface area (TPSA) is 85.0 Å². The fraction of sp³-hybridized carbons (Fsp3) is 0.217. The Kier molecular flexibility index (Phi) is 5.18. The van der Waals surface area contributed by atoms with Gasteiger partial charge in [-0.1, -0.05) is 36.8 Å². The number of aryl methyl sites for hydroxylation is 3. The SMILES string of the molecule is CCCc1nc2ccccc2c(=O)n1/N=C\c1c(C)[nH]n(-c2ccc(C)cc2)c1=O. The minimum Gasteiger partial charge on any atom is -0.295 e.